The molecule has 5 nitrogen and oxygen atoms in total. The van der Waals surface area contributed by atoms with Gasteiger partial charge in [-0.15, -0.1) is 0 Å². The van der Waals surface area contributed by atoms with E-state index in [1.54, 1.807) is 12.3 Å². The highest BCUT2D eigenvalue weighted by Gasteiger charge is 2.39. The van der Waals surface area contributed by atoms with Crippen molar-refractivity contribution in [2.75, 3.05) is 13.1 Å². The number of nitrogens with zero attached hydrogens (tertiary/aromatic N) is 2. The van der Waals surface area contributed by atoms with Crippen molar-refractivity contribution in [1.82, 2.24) is 9.55 Å². The molecule has 3 aromatic heterocycles. The molecule has 30 heavy (non-hydrogen) atoms. The number of piperidine rings is 1. The zero-order chi connectivity index (χ0) is 20.1. The average Bonchev–Trinajstić information content (AvgIpc) is 3.17. The number of furan rings is 1. The molecule has 1 aromatic carbocycles. The Balaban J connectivity index is 1.34. The maximum Gasteiger partial charge on any atom is 0.250 e. The highest BCUT2D eigenvalue weighted by atomic mass is 16.3. The summed E-state index contributed by atoms with van der Waals surface area (Å²) in [6.07, 6.45) is 4.84. The van der Waals surface area contributed by atoms with Crippen molar-refractivity contribution in [3.05, 3.63) is 88.8 Å². The summed E-state index contributed by atoms with van der Waals surface area (Å²) in [5.41, 5.74) is 4.50. The smallest absolute Gasteiger partial charge is 0.250 e. The predicted molar refractivity (Wildman–Crippen MR) is 115 cm³/mol. The molecular formula is C25H24N3O2+. The Morgan fingerprint density at radius 1 is 1.10 bits per heavy atom. The first kappa shape index (κ1) is 17.7. The van der Waals surface area contributed by atoms with Crippen LogP contribution in [0.5, 0.6) is 0 Å². The van der Waals surface area contributed by atoms with E-state index < -0.39 is 0 Å². The Labute approximate surface area is 174 Å². The molecule has 1 N–H and O–H groups in total. The van der Waals surface area contributed by atoms with Gasteiger partial charge < -0.3 is 13.9 Å². The van der Waals surface area contributed by atoms with E-state index in [9.17, 15) is 4.79 Å². The number of benzene rings is 1. The lowest BCUT2D eigenvalue weighted by molar-refractivity contribution is -0.925. The van der Waals surface area contributed by atoms with Gasteiger partial charge in [0.25, 0.3) is 5.56 Å². The number of fused-ring (bicyclic) bond motifs is 5. The van der Waals surface area contributed by atoms with Gasteiger partial charge in [-0.05, 0) is 30.7 Å². The van der Waals surface area contributed by atoms with Crippen molar-refractivity contribution in [3.63, 3.8) is 0 Å². The van der Waals surface area contributed by atoms with Gasteiger partial charge in [-0.25, -0.2) is 0 Å². The SMILES string of the molecule is O=c1ccc(-c2cccnc2)c2n1C[C@H]1C[C@@H]2C[NH+](Cc2cc3ccccc3o2)C1. The van der Waals surface area contributed by atoms with Crippen LogP contribution in [-0.2, 0) is 13.1 Å². The van der Waals surface area contributed by atoms with E-state index in [4.69, 9.17) is 4.42 Å². The van der Waals surface area contributed by atoms with Crippen molar-refractivity contribution in [2.24, 2.45) is 5.92 Å². The molecule has 4 aromatic rings. The lowest BCUT2D eigenvalue weighted by Crippen LogP contribution is -3.13. The Bertz CT molecular complexity index is 1240. The van der Waals surface area contributed by atoms with Crippen LogP contribution < -0.4 is 10.5 Å². The summed E-state index contributed by atoms with van der Waals surface area (Å²) in [5.74, 6) is 1.95. The second-order valence-corrected chi connectivity index (χ2v) is 8.71. The Morgan fingerprint density at radius 2 is 2.03 bits per heavy atom. The van der Waals surface area contributed by atoms with Crippen molar-refractivity contribution >= 4 is 11.0 Å². The fourth-order valence-corrected chi connectivity index (χ4v) is 5.52. The summed E-state index contributed by atoms with van der Waals surface area (Å²) in [5, 5.41) is 1.17. The molecule has 5 heteroatoms. The summed E-state index contributed by atoms with van der Waals surface area (Å²) in [6, 6.07) is 18.1. The number of likely N-dealkylation sites (tertiary alicyclic amines) is 1. The predicted octanol–water partition coefficient (Wildman–Crippen LogP) is 2.86. The second-order valence-electron chi connectivity index (χ2n) is 8.71. The van der Waals surface area contributed by atoms with Gasteiger partial charge in [-0.2, -0.15) is 0 Å². The number of aromatic nitrogens is 2. The molecule has 1 unspecified atom stereocenters. The van der Waals surface area contributed by atoms with Gasteiger partial charge in [0.05, 0.1) is 13.1 Å². The van der Waals surface area contributed by atoms with E-state index in [1.165, 1.54) is 16.0 Å². The number of para-hydroxylation sites is 1. The van der Waals surface area contributed by atoms with Gasteiger partial charge in [0, 0.05) is 59.0 Å². The largest absolute Gasteiger partial charge is 0.455 e. The first-order chi connectivity index (χ1) is 14.7. The van der Waals surface area contributed by atoms with Crippen molar-refractivity contribution in [3.8, 4) is 11.1 Å². The summed E-state index contributed by atoms with van der Waals surface area (Å²) in [4.78, 5) is 18.5. The lowest BCUT2D eigenvalue weighted by atomic mass is 9.80. The molecular weight excluding hydrogens is 374 g/mol. The van der Waals surface area contributed by atoms with Crippen LogP contribution in [-0.4, -0.2) is 22.6 Å². The zero-order valence-corrected chi connectivity index (χ0v) is 16.8. The molecule has 0 saturated carbocycles. The molecule has 150 valence electrons. The molecule has 3 atom stereocenters. The number of hydrogen-bond donors (Lipinski definition) is 1. The van der Waals surface area contributed by atoms with Crippen LogP contribution >= 0.6 is 0 Å². The molecule has 2 aliphatic heterocycles. The molecule has 0 amide bonds. The monoisotopic (exact) mass is 398 g/mol. The van der Waals surface area contributed by atoms with E-state index in [1.807, 2.05) is 35.0 Å². The Hall–Kier alpha value is -3.18. The van der Waals surface area contributed by atoms with E-state index in [0.717, 1.165) is 55.1 Å². The van der Waals surface area contributed by atoms with Gasteiger partial charge in [-0.1, -0.05) is 24.3 Å². The Kier molecular flexibility index (Phi) is 4.09. The van der Waals surface area contributed by atoms with Crippen LogP contribution in [0.2, 0.25) is 0 Å². The first-order valence-electron chi connectivity index (χ1n) is 10.7. The minimum Gasteiger partial charge on any atom is -0.455 e. The maximum absolute atomic E-state index is 12.7. The molecule has 2 aliphatic rings. The van der Waals surface area contributed by atoms with Crippen LogP contribution in [0, 0.1) is 5.92 Å². The summed E-state index contributed by atoms with van der Waals surface area (Å²) in [6.45, 7) is 3.80. The minimum atomic E-state index is 0.119. The number of hydrogen-bond acceptors (Lipinski definition) is 3. The third kappa shape index (κ3) is 2.97. The molecule has 6 rings (SSSR count). The molecule has 1 fully saturated rings. The third-order valence-electron chi connectivity index (χ3n) is 6.66. The molecule has 2 bridgehead atoms. The minimum absolute atomic E-state index is 0.119. The normalized spacial score (nSPS) is 22.7. The maximum atomic E-state index is 12.7. The van der Waals surface area contributed by atoms with Crippen molar-refractivity contribution in [1.29, 1.82) is 0 Å². The van der Waals surface area contributed by atoms with Gasteiger partial charge >= 0.3 is 0 Å². The summed E-state index contributed by atoms with van der Waals surface area (Å²) >= 11 is 0. The van der Waals surface area contributed by atoms with Gasteiger partial charge in [-0.3, -0.25) is 9.78 Å². The number of rotatable bonds is 3. The molecule has 0 radical (unpaired) electrons. The van der Waals surface area contributed by atoms with Gasteiger partial charge in [0.15, 0.2) is 5.76 Å². The lowest BCUT2D eigenvalue weighted by Gasteiger charge is -2.41. The van der Waals surface area contributed by atoms with E-state index >= 15 is 0 Å². The van der Waals surface area contributed by atoms with Crippen LogP contribution in [0.4, 0.5) is 0 Å². The summed E-state index contributed by atoms with van der Waals surface area (Å²) < 4.78 is 8.12. The highest BCUT2D eigenvalue weighted by Crippen LogP contribution is 2.36. The highest BCUT2D eigenvalue weighted by molar-refractivity contribution is 5.77. The molecule has 0 spiro atoms. The number of nitrogens with one attached hydrogen (secondary N) is 1. The van der Waals surface area contributed by atoms with E-state index in [0.29, 0.717) is 11.8 Å². The summed E-state index contributed by atoms with van der Waals surface area (Å²) in [7, 11) is 0. The van der Waals surface area contributed by atoms with Crippen LogP contribution in [0.25, 0.3) is 22.1 Å². The fourth-order valence-electron chi connectivity index (χ4n) is 5.52. The quantitative estimate of drug-likeness (QED) is 0.577. The number of quaternary nitrogens is 1. The average molecular weight is 398 g/mol. The van der Waals surface area contributed by atoms with Crippen molar-refractivity contribution in [2.45, 2.75) is 25.4 Å². The zero-order valence-electron chi connectivity index (χ0n) is 16.8. The van der Waals surface area contributed by atoms with Crippen LogP contribution in [0.3, 0.4) is 0 Å². The van der Waals surface area contributed by atoms with E-state index in [-0.39, 0.29) is 5.56 Å². The first-order valence-corrected chi connectivity index (χ1v) is 10.7. The third-order valence-corrected chi connectivity index (χ3v) is 6.66. The van der Waals surface area contributed by atoms with Gasteiger partial charge in [0.1, 0.15) is 12.1 Å². The second kappa shape index (κ2) is 6.96. The van der Waals surface area contributed by atoms with Crippen molar-refractivity contribution < 1.29 is 9.32 Å². The van der Waals surface area contributed by atoms with Gasteiger partial charge in [0.2, 0.25) is 0 Å². The van der Waals surface area contributed by atoms with Crippen LogP contribution in [0.1, 0.15) is 23.8 Å². The fraction of sp³-hybridized carbons (Fsp3) is 0.280. The molecule has 0 aliphatic carbocycles. The Morgan fingerprint density at radius 3 is 2.90 bits per heavy atom. The molecule has 1 saturated heterocycles. The standard InChI is InChI=1S/C25H23N3O2/c29-24-8-7-22(19-5-3-9-26-12-19)25-20-10-17(14-28(24)25)13-27(15-20)16-21-11-18-4-1-2-6-23(18)30-21/h1-9,11-12,17,20H,10,13-16H2/p+1/t17-,20+/m0/s1. The molecule has 5 heterocycles. The number of pyridine rings is 2. The van der Waals surface area contributed by atoms with Crippen LogP contribution in [0.15, 0.2) is 76.2 Å². The topological polar surface area (TPSA) is 52.5 Å². The van der Waals surface area contributed by atoms with E-state index in [2.05, 4.69) is 29.2 Å².